The van der Waals surface area contributed by atoms with Crippen molar-refractivity contribution in [3.05, 3.63) is 35.6 Å². The molecule has 1 aliphatic rings. The average molecular weight is 265 g/mol. The maximum absolute atomic E-state index is 12.8. The first kappa shape index (κ1) is 14.4. The van der Waals surface area contributed by atoms with E-state index in [9.17, 15) is 4.39 Å². The van der Waals surface area contributed by atoms with E-state index in [1.165, 1.54) is 43.8 Å². The maximum atomic E-state index is 12.8. The predicted molar refractivity (Wildman–Crippen MR) is 76.7 cm³/mol. The van der Waals surface area contributed by atoms with Crippen molar-refractivity contribution in [3.8, 4) is 0 Å². The zero-order chi connectivity index (χ0) is 13.5. The molecule has 0 radical (unpaired) electrons. The summed E-state index contributed by atoms with van der Waals surface area (Å²) in [6.45, 7) is 7.72. The second-order valence-corrected chi connectivity index (χ2v) is 5.31. The van der Waals surface area contributed by atoms with Gasteiger partial charge in [-0.2, -0.15) is 0 Å². The lowest BCUT2D eigenvalue weighted by Crippen LogP contribution is -2.44. The van der Waals surface area contributed by atoms with Crippen LogP contribution in [0.1, 0.15) is 12.0 Å². The van der Waals surface area contributed by atoms with Gasteiger partial charge in [-0.15, -0.1) is 0 Å². The molecule has 2 rings (SSSR count). The highest BCUT2D eigenvalue weighted by molar-refractivity contribution is 5.15. The Morgan fingerprint density at radius 2 is 1.89 bits per heavy atom. The van der Waals surface area contributed by atoms with Crippen LogP contribution in [0.15, 0.2) is 24.3 Å². The van der Waals surface area contributed by atoms with Gasteiger partial charge in [0.15, 0.2) is 0 Å². The lowest BCUT2D eigenvalue weighted by Gasteiger charge is -2.28. The van der Waals surface area contributed by atoms with Gasteiger partial charge in [0.05, 0.1) is 0 Å². The molecule has 3 nitrogen and oxygen atoms in total. The summed E-state index contributed by atoms with van der Waals surface area (Å²) in [5, 5.41) is 3.37. The van der Waals surface area contributed by atoms with Crippen LogP contribution < -0.4 is 5.32 Å². The van der Waals surface area contributed by atoms with Crippen LogP contribution in [0.2, 0.25) is 0 Å². The zero-order valence-corrected chi connectivity index (χ0v) is 11.7. The van der Waals surface area contributed by atoms with Crippen molar-refractivity contribution in [2.75, 3.05) is 46.3 Å². The molecule has 0 aromatic heterocycles. The minimum atomic E-state index is -0.162. The van der Waals surface area contributed by atoms with Crippen molar-refractivity contribution in [1.82, 2.24) is 15.1 Å². The molecule has 4 heteroatoms. The second kappa shape index (κ2) is 7.58. The topological polar surface area (TPSA) is 18.5 Å². The SMILES string of the molecule is CN(CCCN1CCNCC1)Cc1ccc(F)cc1. The molecule has 0 aliphatic carbocycles. The lowest BCUT2D eigenvalue weighted by molar-refractivity contribution is 0.220. The van der Waals surface area contributed by atoms with Gasteiger partial charge in [-0.1, -0.05) is 12.1 Å². The van der Waals surface area contributed by atoms with Gasteiger partial charge < -0.3 is 15.1 Å². The van der Waals surface area contributed by atoms with E-state index in [4.69, 9.17) is 0 Å². The second-order valence-electron chi connectivity index (χ2n) is 5.31. The molecule has 1 aromatic carbocycles. The van der Waals surface area contributed by atoms with Gasteiger partial charge in [-0.3, -0.25) is 0 Å². The van der Waals surface area contributed by atoms with Crippen LogP contribution in [0.25, 0.3) is 0 Å². The van der Waals surface area contributed by atoms with Crippen LogP contribution in [0.5, 0.6) is 0 Å². The highest BCUT2D eigenvalue weighted by Crippen LogP contribution is 2.06. The maximum Gasteiger partial charge on any atom is 0.123 e. The lowest BCUT2D eigenvalue weighted by atomic mass is 10.2. The fourth-order valence-electron chi connectivity index (χ4n) is 2.48. The highest BCUT2D eigenvalue weighted by atomic mass is 19.1. The molecule has 0 spiro atoms. The van der Waals surface area contributed by atoms with E-state index in [1.807, 2.05) is 12.1 Å². The average Bonchev–Trinajstić information content (AvgIpc) is 2.43. The third kappa shape index (κ3) is 5.27. The molecule has 0 atom stereocenters. The van der Waals surface area contributed by atoms with Gasteiger partial charge in [-0.05, 0) is 44.3 Å². The molecule has 0 amide bonds. The molecule has 1 N–H and O–H groups in total. The van der Waals surface area contributed by atoms with Crippen LogP contribution in [-0.2, 0) is 6.54 Å². The largest absolute Gasteiger partial charge is 0.314 e. The van der Waals surface area contributed by atoms with Gasteiger partial charge in [0.1, 0.15) is 5.82 Å². The number of hydrogen-bond donors (Lipinski definition) is 1. The highest BCUT2D eigenvalue weighted by Gasteiger charge is 2.09. The molecule has 0 bridgehead atoms. The quantitative estimate of drug-likeness (QED) is 0.842. The number of benzene rings is 1. The number of nitrogens with zero attached hydrogens (tertiary/aromatic N) is 2. The fourth-order valence-corrected chi connectivity index (χ4v) is 2.48. The van der Waals surface area contributed by atoms with E-state index < -0.39 is 0 Å². The Labute approximate surface area is 115 Å². The number of piperazine rings is 1. The van der Waals surface area contributed by atoms with Crippen molar-refractivity contribution in [3.63, 3.8) is 0 Å². The standard InChI is InChI=1S/C15H24FN3/c1-18(13-14-3-5-15(16)6-4-14)9-2-10-19-11-7-17-8-12-19/h3-6,17H,2,7-13H2,1H3. The first-order chi connectivity index (χ1) is 9.24. The van der Waals surface area contributed by atoms with Crippen molar-refractivity contribution >= 4 is 0 Å². The minimum absolute atomic E-state index is 0.162. The van der Waals surface area contributed by atoms with E-state index in [2.05, 4.69) is 22.2 Å². The molecule has 106 valence electrons. The van der Waals surface area contributed by atoms with Crippen molar-refractivity contribution in [1.29, 1.82) is 0 Å². The number of nitrogens with one attached hydrogen (secondary N) is 1. The number of rotatable bonds is 6. The Bertz CT molecular complexity index is 360. The monoisotopic (exact) mass is 265 g/mol. The summed E-state index contributed by atoms with van der Waals surface area (Å²) in [4.78, 5) is 4.82. The molecular formula is C15H24FN3. The molecule has 1 saturated heterocycles. The molecule has 1 fully saturated rings. The van der Waals surface area contributed by atoms with E-state index in [0.717, 1.165) is 26.2 Å². The van der Waals surface area contributed by atoms with E-state index >= 15 is 0 Å². The molecule has 1 aromatic rings. The Hall–Kier alpha value is -0.970. The Morgan fingerprint density at radius 1 is 1.21 bits per heavy atom. The van der Waals surface area contributed by atoms with E-state index in [-0.39, 0.29) is 5.82 Å². The van der Waals surface area contributed by atoms with Gasteiger partial charge in [0, 0.05) is 32.7 Å². The van der Waals surface area contributed by atoms with Gasteiger partial charge in [-0.25, -0.2) is 4.39 Å². The fraction of sp³-hybridized carbons (Fsp3) is 0.600. The zero-order valence-electron chi connectivity index (χ0n) is 11.7. The van der Waals surface area contributed by atoms with Crippen molar-refractivity contribution in [2.24, 2.45) is 0 Å². The molecule has 0 saturated carbocycles. The molecule has 0 unspecified atom stereocenters. The summed E-state index contributed by atoms with van der Waals surface area (Å²) in [6.07, 6.45) is 1.19. The van der Waals surface area contributed by atoms with Crippen LogP contribution >= 0.6 is 0 Å². The van der Waals surface area contributed by atoms with Crippen LogP contribution in [-0.4, -0.2) is 56.1 Å². The molecule has 1 aliphatic heterocycles. The third-order valence-corrected chi connectivity index (χ3v) is 3.59. The predicted octanol–water partition coefficient (Wildman–Crippen LogP) is 1.55. The molecule has 1 heterocycles. The molecule has 19 heavy (non-hydrogen) atoms. The van der Waals surface area contributed by atoms with Crippen LogP contribution in [0.3, 0.4) is 0 Å². The first-order valence-corrected chi connectivity index (χ1v) is 7.10. The smallest absolute Gasteiger partial charge is 0.123 e. The van der Waals surface area contributed by atoms with E-state index in [1.54, 1.807) is 0 Å². The van der Waals surface area contributed by atoms with Crippen molar-refractivity contribution < 1.29 is 4.39 Å². The summed E-state index contributed by atoms with van der Waals surface area (Å²) < 4.78 is 12.8. The van der Waals surface area contributed by atoms with E-state index in [0.29, 0.717) is 0 Å². The summed E-state index contributed by atoms with van der Waals surface area (Å²) in [7, 11) is 2.13. The summed E-state index contributed by atoms with van der Waals surface area (Å²) in [5.41, 5.74) is 1.17. The van der Waals surface area contributed by atoms with Gasteiger partial charge in [0.25, 0.3) is 0 Å². The van der Waals surface area contributed by atoms with Crippen LogP contribution in [0, 0.1) is 5.82 Å². The summed E-state index contributed by atoms with van der Waals surface area (Å²) >= 11 is 0. The number of halogens is 1. The third-order valence-electron chi connectivity index (χ3n) is 3.59. The first-order valence-electron chi connectivity index (χ1n) is 7.10. The Kier molecular flexibility index (Phi) is 5.76. The van der Waals surface area contributed by atoms with Crippen LogP contribution in [0.4, 0.5) is 4.39 Å². The van der Waals surface area contributed by atoms with Crippen molar-refractivity contribution in [2.45, 2.75) is 13.0 Å². The summed E-state index contributed by atoms with van der Waals surface area (Å²) in [5.74, 6) is -0.162. The van der Waals surface area contributed by atoms with Gasteiger partial charge >= 0.3 is 0 Å². The summed E-state index contributed by atoms with van der Waals surface area (Å²) in [6, 6.07) is 6.79. The number of hydrogen-bond acceptors (Lipinski definition) is 3. The molecular weight excluding hydrogens is 241 g/mol. The van der Waals surface area contributed by atoms with Gasteiger partial charge in [0.2, 0.25) is 0 Å². The minimum Gasteiger partial charge on any atom is -0.314 e. The Morgan fingerprint density at radius 3 is 2.58 bits per heavy atom. The normalized spacial score (nSPS) is 17.0. The Balaban J connectivity index is 1.63.